The van der Waals surface area contributed by atoms with Gasteiger partial charge in [-0.25, -0.2) is 10.3 Å². The lowest BCUT2D eigenvalue weighted by Gasteiger charge is -2.27. The van der Waals surface area contributed by atoms with Crippen LogP contribution in [-0.2, 0) is 11.4 Å². The molecule has 5 nitrogen and oxygen atoms in total. The van der Waals surface area contributed by atoms with Crippen LogP contribution in [0.3, 0.4) is 0 Å². The Balaban J connectivity index is 1.91. The fraction of sp³-hybridized carbons (Fsp3) is 0.462. The van der Waals surface area contributed by atoms with Gasteiger partial charge >= 0.3 is 6.03 Å². The Labute approximate surface area is 106 Å². The highest BCUT2D eigenvalue weighted by Gasteiger charge is 2.20. The fourth-order valence-corrected chi connectivity index (χ4v) is 1.74. The summed E-state index contributed by atoms with van der Waals surface area (Å²) in [5.41, 5.74) is 3.18. The molecule has 1 aliphatic rings. The van der Waals surface area contributed by atoms with Crippen molar-refractivity contribution in [1.29, 1.82) is 0 Å². The first kappa shape index (κ1) is 12.7. The molecule has 2 N–H and O–H groups in total. The van der Waals surface area contributed by atoms with Crippen LogP contribution in [0.4, 0.5) is 4.79 Å². The fourth-order valence-electron chi connectivity index (χ4n) is 1.74. The van der Waals surface area contributed by atoms with Gasteiger partial charge in [0.2, 0.25) is 0 Å². The average Bonchev–Trinajstić information content (AvgIpc) is 2.33. The number of benzene rings is 1. The second-order valence-corrected chi connectivity index (χ2v) is 4.27. The van der Waals surface area contributed by atoms with Crippen molar-refractivity contribution in [2.24, 2.45) is 0 Å². The van der Waals surface area contributed by atoms with Crippen molar-refractivity contribution >= 4 is 6.03 Å². The van der Waals surface area contributed by atoms with Crippen LogP contribution in [0.1, 0.15) is 24.8 Å². The number of nitrogens with one attached hydrogen (secondary N) is 2. The van der Waals surface area contributed by atoms with Gasteiger partial charge in [0.15, 0.2) is 0 Å². The normalized spacial score (nSPS) is 14.7. The maximum Gasteiger partial charge on any atom is 0.338 e. The lowest BCUT2D eigenvalue weighted by molar-refractivity contribution is 0.107. The number of carbonyl (C=O) groups is 1. The van der Waals surface area contributed by atoms with Gasteiger partial charge in [-0.2, -0.15) is 0 Å². The van der Waals surface area contributed by atoms with Gasteiger partial charge in [-0.15, -0.1) is 0 Å². The van der Waals surface area contributed by atoms with E-state index in [1.54, 1.807) is 0 Å². The third kappa shape index (κ3) is 3.37. The highest BCUT2D eigenvalue weighted by molar-refractivity contribution is 5.72. The average molecular weight is 250 g/mol. The summed E-state index contributed by atoms with van der Waals surface area (Å²) in [6, 6.07) is 7.38. The molecule has 0 atom stereocenters. The number of para-hydroxylation sites is 1. The van der Waals surface area contributed by atoms with Crippen LogP contribution in [-0.4, -0.2) is 19.2 Å². The minimum atomic E-state index is -0.365. The van der Waals surface area contributed by atoms with E-state index in [9.17, 15) is 4.79 Å². The molecule has 18 heavy (non-hydrogen) atoms. The summed E-state index contributed by atoms with van der Waals surface area (Å²) in [6.07, 6.45) is 3.80. The van der Waals surface area contributed by atoms with Crippen molar-refractivity contribution in [1.82, 2.24) is 10.8 Å². The summed E-state index contributed by atoms with van der Waals surface area (Å²) >= 11 is 0. The van der Waals surface area contributed by atoms with Crippen molar-refractivity contribution in [3.8, 4) is 5.75 Å². The molecule has 2 amide bonds. The first-order chi connectivity index (χ1) is 8.79. The number of ether oxygens (including phenoxy) is 1. The van der Waals surface area contributed by atoms with Gasteiger partial charge < -0.3 is 10.1 Å². The predicted octanol–water partition coefficient (Wildman–Crippen LogP) is 1.98. The molecular formula is C13H18N2O3. The van der Waals surface area contributed by atoms with Crippen molar-refractivity contribution in [2.45, 2.75) is 31.9 Å². The second kappa shape index (κ2) is 6.26. The van der Waals surface area contributed by atoms with Gasteiger partial charge in [0.1, 0.15) is 5.75 Å². The smallest absolute Gasteiger partial charge is 0.338 e. The Morgan fingerprint density at radius 2 is 2.17 bits per heavy atom. The van der Waals surface area contributed by atoms with Crippen LogP contribution in [0.25, 0.3) is 0 Å². The maximum atomic E-state index is 11.2. The number of hydrogen-bond acceptors (Lipinski definition) is 3. The number of rotatable bonds is 5. The molecule has 1 aliphatic carbocycles. The van der Waals surface area contributed by atoms with E-state index >= 15 is 0 Å². The largest absolute Gasteiger partial charge is 0.490 e. The zero-order valence-corrected chi connectivity index (χ0v) is 10.4. The minimum absolute atomic E-state index is 0.332. The zero-order valence-electron chi connectivity index (χ0n) is 10.4. The lowest BCUT2D eigenvalue weighted by Crippen LogP contribution is -2.34. The van der Waals surface area contributed by atoms with Gasteiger partial charge in [0, 0.05) is 12.1 Å². The quantitative estimate of drug-likeness (QED) is 0.785. The molecule has 5 heteroatoms. The number of hydroxylamine groups is 1. The summed E-state index contributed by atoms with van der Waals surface area (Å²) in [4.78, 5) is 15.7. The number of amides is 2. The highest BCUT2D eigenvalue weighted by Crippen LogP contribution is 2.27. The van der Waals surface area contributed by atoms with E-state index in [4.69, 9.17) is 4.74 Å². The molecule has 1 saturated carbocycles. The Morgan fingerprint density at radius 3 is 2.83 bits per heavy atom. The second-order valence-electron chi connectivity index (χ2n) is 4.27. The monoisotopic (exact) mass is 250 g/mol. The molecular weight excluding hydrogens is 232 g/mol. The molecule has 0 unspecified atom stereocenters. The van der Waals surface area contributed by atoms with Gasteiger partial charge in [-0.1, -0.05) is 18.2 Å². The first-order valence-electron chi connectivity index (χ1n) is 6.11. The Hall–Kier alpha value is -1.75. The van der Waals surface area contributed by atoms with Gasteiger partial charge in [0.05, 0.1) is 13.2 Å². The predicted molar refractivity (Wildman–Crippen MR) is 67.1 cm³/mol. The minimum Gasteiger partial charge on any atom is -0.490 e. The van der Waals surface area contributed by atoms with Crippen molar-refractivity contribution in [3.63, 3.8) is 0 Å². The van der Waals surface area contributed by atoms with Crippen molar-refractivity contribution in [2.75, 3.05) is 7.11 Å². The molecule has 1 fully saturated rings. The zero-order chi connectivity index (χ0) is 12.8. The maximum absolute atomic E-state index is 11.2. The van der Waals surface area contributed by atoms with Gasteiger partial charge in [0.25, 0.3) is 0 Å². The summed E-state index contributed by atoms with van der Waals surface area (Å²) in [5, 5.41) is 2.69. The van der Waals surface area contributed by atoms with E-state index in [1.807, 2.05) is 24.3 Å². The lowest BCUT2D eigenvalue weighted by atomic mass is 9.96. The van der Waals surface area contributed by atoms with Crippen molar-refractivity contribution < 1.29 is 14.4 Å². The highest BCUT2D eigenvalue weighted by atomic mass is 16.6. The van der Waals surface area contributed by atoms with E-state index in [0.29, 0.717) is 12.6 Å². The third-order valence-corrected chi connectivity index (χ3v) is 2.95. The van der Waals surface area contributed by atoms with Crippen LogP contribution in [0, 0.1) is 0 Å². The summed E-state index contributed by atoms with van der Waals surface area (Å²) < 4.78 is 5.87. The molecule has 98 valence electrons. The molecule has 2 rings (SSSR count). The Bertz CT molecular complexity index is 405. The Kier molecular flexibility index (Phi) is 4.41. The summed E-state index contributed by atoms with van der Waals surface area (Å²) in [5.74, 6) is 0.847. The van der Waals surface area contributed by atoms with Crippen LogP contribution in [0.2, 0.25) is 0 Å². The van der Waals surface area contributed by atoms with Crippen LogP contribution in [0.5, 0.6) is 5.75 Å². The van der Waals surface area contributed by atoms with Crippen LogP contribution < -0.4 is 15.5 Å². The third-order valence-electron chi connectivity index (χ3n) is 2.95. The molecule has 0 radical (unpaired) electrons. The molecule has 0 bridgehead atoms. The van der Waals surface area contributed by atoms with Crippen molar-refractivity contribution in [3.05, 3.63) is 29.8 Å². The van der Waals surface area contributed by atoms with E-state index < -0.39 is 0 Å². The number of hydrogen-bond donors (Lipinski definition) is 2. The molecule has 0 heterocycles. The number of carbonyl (C=O) groups excluding carboxylic acids is 1. The van der Waals surface area contributed by atoms with E-state index in [1.165, 1.54) is 13.5 Å². The molecule has 0 aromatic heterocycles. The topological polar surface area (TPSA) is 59.6 Å². The van der Waals surface area contributed by atoms with E-state index in [2.05, 4.69) is 15.6 Å². The first-order valence-corrected chi connectivity index (χ1v) is 6.11. The molecule has 0 saturated heterocycles. The summed E-state index contributed by atoms with van der Waals surface area (Å²) in [7, 11) is 1.40. The van der Waals surface area contributed by atoms with Crippen LogP contribution in [0.15, 0.2) is 24.3 Å². The van der Waals surface area contributed by atoms with Crippen LogP contribution >= 0.6 is 0 Å². The Morgan fingerprint density at radius 1 is 1.39 bits per heavy atom. The van der Waals surface area contributed by atoms with Gasteiger partial charge in [-0.05, 0) is 25.3 Å². The molecule has 0 aliphatic heterocycles. The molecule has 0 spiro atoms. The molecule has 1 aromatic carbocycles. The van der Waals surface area contributed by atoms with E-state index in [-0.39, 0.29) is 6.03 Å². The summed E-state index contributed by atoms with van der Waals surface area (Å²) in [6.45, 7) is 0.415. The van der Waals surface area contributed by atoms with Gasteiger partial charge in [-0.3, -0.25) is 4.84 Å². The SMILES string of the molecule is CONC(=O)NCc1ccccc1OC1CCC1. The molecule has 1 aromatic rings. The number of urea groups is 1. The standard InChI is InChI=1S/C13H18N2O3/c1-17-15-13(16)14-9-10-5-2-3-8-12(10)18-11-6-4-7-11/h2-3,5,8,11H,4,6-7,9H2,1H3,(H2,14,15,16). The van der Waals surface area contributed by atoms with E-state index in [0.717, 1.165) is 24.2 Å².